The molecule has 0 radical (unpaired) electrons. The Hall–Kier alpha value is 0.880. The van der Waals surface area contributed by atoms with E-state index in [1.54, 1.807) is 0 Å². The molecule has 0 aromatic rings. The third-order valence-corrected chi connectivity index (χ3v) is 0. The van der Waals surface area contributed by atoms with Crippen molar-refractivity contribution in [3.05, 3.63) is 0 Å². The minimum atomic E-state index is -1.88. The van der Waals surface area contributed by atoms with E-state index in [1.165, 1.54) is 0 Å². The standard InChI is InChI=1S/C3H9IOS/c1-6(2,3,4)5/h1-3H3/p+1. The van der Waals surface area contributed by atoms with Gasteiger partial charge in [-0.05, 0) is 0 Å². The van der Waals surface area contributed by atoms with Crippen LogP contribution in [0.25, 0.3) is 0 Å². The highest BCUT2D eigenvalue weighted by Gasteiger charge is 2.15. The summed E-state index contributed by atoms with van der Waals surface area (Å²) in [6.07, 6.45) is 3.70. The Morgan fingerprint density at radius 2 is 1.33 bits per heavy atom. The van der Waals surface area contributed by atoms with E-state index in [0.29, 0.717) is 0 Å². The highest BCUT2D eigenvalue weighted by Crippen LogP contribution is 2.21. The fourth-order valence-corrected chi connectivity index (χ4v) is 0. The third kappa shape index (κ3) is 94.9. The Morgan fingerprint density at radius 1 is 1.33 bits per heavy atom. The molecule has 1 nitrogen and oxygen atoms in total. The van der Waals surface area contributed by atoms with Crippen LogP contribution in [0.4, 0.5) is 0 Å². The van der Waals surface area contributed by atoms with Gasteiger partial charge >= 0.3 is 0 Å². The lowest BCUT2D eigenvalue weighted by Crippen LogP contribution is -2.14. The molecule has 0 saturated heterocycles. The van der Waals surface area contributed by atoms with Crippen molar-refractivity contribution >= 4 is 27.4 Å². The summed E-state index contributed by atoms with van der Waals surface area (Å²) in [5, 5.41) is 0. The Bertz CT molecular complexity index is 88.5. The molecule has 1 N–H and O–H groups in total. The highest BCUT2D eigenvalue weighted by atomic mass is 127. The van der Waals surface area contributed by atoms with Gasteiger partial charge in [-0.15, -0.1) is 0 Å². The molecule has 0 aromatic carbocycles. The molecular weight excluding hydrogens is 211 g/mol. The van der Waals surface area contributed by atoms with Crippen molar-refractivity contribution in [1.29, 1.82) is 0 Å². The van der Waals surface area contributed by atoms with Crippen LogP contribution in [0.5, 0.6) is 0 Å². The molecule has 0 heterocycles. The largest absolute Gasteiger partial charge is 0.274 e. The van der Waals surface area contributed by atoms with Crippen molar-refractivity contribution in [2.75, 3.05) is 18.8 Å². The lowest BCUT2D eigenvalue weighted by molar-refractivity contribution is 0.726. The minimum absolute atomic E-state index is 1.86. The summed E-state index contributed by atoms with van der Waals surface area (Å²) in [5.41, 5.74) is 0. The normalized spacial score (nSPS) is 19.0. The van der Waals surface area contributed by atoms with Crippen LogP contribution in [0.2, 0.25) is 0 Å². The molecule has 0 aliphatic heterocycles. The minimum Gasteiger partial charge on any atom is -0.274 e. The lowest BCUT2D eigenvalue weighted by Gasteiger charge is -2.10. The summed E-state index contributed by atoms with van der Waals surface area (Å²) in [6.45, 7) is 0. The molecule has 0 aromatic heterocycles. The first-order valence-electron chi connectivity index (χ1n) is 1.56. The summed E-state index contributed by atoms with van der Waals surface area (Å²) >= 11 is 2.08. The van der Waals surface area contributed by atoms with Gasteiger partial charge in [0.1, 0.15) is 0 Å². The quantitative estimate of drug-likeness (QED) is 0.333. The van der Waals surface area contributed by atoms with Crippen LogP contribution in [-0.2, 0) is 6.24 Å². The van der Waals surface area contributed by atoms with Gasteiger partial charge in [-0.2, -0.15) is 0 Å². The zero-order chi connectivity index (χ0) is 5.45. The molecule has 0 aliphatic carbocycles. The van der Waals surface area contributed by atoms with Gasteiger partial charge in [0.15, 0.2) is 0 Å². The van der Waals surface area contributed by atoms with E-state index in [0.717, 1.165) is 0 Å². The van der Waals surface area contributed by atoms with E-state index in [9.17, 15) is 0 Å². The van der Waals surface area contributed by atoms with Crippen LogP contribution in [0.15, 0.2) is 0 Å². The summed E-state index contributed by atoms with van der Waals surface area (Å²) in [5.74, 6) is 0. The van der Waals surface area contributed by atoms with Crippen molar-refractivity contribution < 1.29 is 4.21 Å². The van der Waals surface area contributed by atoms with E-state index in [4.69, 9.17) is 4.21 Å². The number of hydrogen-bond donors (Lipinski definition) is 0. The topological polar surface area (TPSA) is 21.4 Å². The highest BCUT2D eigenvalue weighted by molar-refractivity contribution is 14.2. The number of halogens is 1. The SMILES string of the molecule is CS(C)(C)(=[OH+])I. The summed E-state index contributed by atoms with van der Waals surface area (Å²) < 4.78 is 9.08. The summed E-state index contributed by atoms with van der Waals surface area (Å²) in [7, 11) is 0. The molecule has 0 atom stereocenters. The van der Waals surface area contributed by atoms with Gasteiger partial charge in [-0.3, -0.25) is 4.21 Å². The molecule has 0 aliphatic rings. The zero-order valence-corrected chi connectivity index (χ0v) is 7.21. The van der Waals surface area contributed by atoms with E-state index < -0.39 is 6.24 Å². The Kier molecular flexibility index (Phi) is 1.36. The maximum absolute atomic E-state index is 9.08. The maximum Gasteiger partial charge on any atom is 0.0588 e. The van der Waals surface area contributed by atoms with Gasteiger partial charge in [-0.25, -0.2) is 0 Å². The monoisotopic (exact) mass is 221 g/mol. The van der Waals surface area contributed by atoms with Crippen molar-refractivity contribution in [1.82, 2.24) is 0 Å². The lowest BCUT2D eigenvalue weighted by atomic mass is 11.9. The molecule has 0 rings (SSSR count). The first kappa shape index (κ1) is 6.88. The maximum atomic E-state index is 9.08. The van der Waals surface area contributed by atoms with Gasteiger partial charge in [0.05, 0.1) is 21.2 Å². The van der Waals surface area contributed by atoms with Crippen LogP contribution >= 0.6 is 21.2 Å². The first-order chi connectivity index (χ1) is 2.24. The average molecular weight is 221 g/mol. The number of hydrogen-bond acceptors (Lipinski definition) is 0. The van der Waals surface area contributed by atoms with Gasteiger partial charge in [0.25, 0.3) is 0 Å². The van der Waals surface area contributed by atoms with Gasteiger partial charge in [0.2, 0.25) is 0 Å². The zero-order valence-electron chi connectivity index (χ0n) is 4.23. The Labute approximate surface area is 50.5 Å². The second-order valence-corrected chi connectivity index (χ2v) is 16.0. The van der Waals surface area contributed by atoms with Crippen LogP contribution < -0.4 is 0 Å². The Morgan fingerprint density at radius 3 is 1.33 bits per heavy atom. The van der Waals surface area contributed by atoms with Gasteiger partial charge in [0, 0.05) is 25.0 Å². The molecule has 0 unspecified atom stereocenters. The second kappa shape index (κ2) is 1.18. The van der Waals surface area contributed by atoms with E-state index in [1.807, 2.05) is 18.8 Å². The molecule has 0 fully saturated rings. The molecule has 6 heavy (non-hydrogen) atoms. The summed E-state index contributed by atoms with van der Waals surface area (Å²) in [4.78, 5) is 0. The van der Waals surface area contributed by atoms with Crippen LogP contribution in [-0.4, -0.2) is 23.0 Å². The van der Waals surface area contributed by atoms with E-state index >= 15 is 0 Å². The van der Waals surface area contributed by atoms with Crippen LogP contribution in [0.1, 0.15) is 0 Å². The molecule has 0 saturated carbocycles. The fraction of sp³-hybridized carbons (Fsp3) is 1.00. The molecule has 0 spiro atoms. The van der Waals surface area contributed by atoms with Crippen molar-refractivity contribution in [3.8, 4) is 0 Å². The molecular formula is C3H10IOS+. The Balaban J connectivity index is 4.16. The molecule has 40 valence electrons. The van der Waals surface area contributed by atoms with Gasteiger partial charge < -0.3 is 0 Å². The third-order valence-electron chi connectivity index (χ3n) is 0. The molecule has 0 amide bonds. The van der Waals surface area contributed by atoms with Crippen LogP contribution in [0, 0.1) is 0 Å². The predicted octanol–water partition coefficient (Wildman–Crippen LogP) is 1.20. The predicted molar refractivity (Wildman–Crippen MR) is 41.1 cm³/mol. The smallest absolute Gasteiger partial charge is 0.0588 e. The van der Waals surface area contributed by atoms with Crippen molar-refractivity contribution in [2.24, 2.45) is 0 Å². The van der Waals surface area contributed by atoms with Crippen LogP contribution in [0.3, 0.4) is 0 Å². The van der Waals surface area contributed by atoms with E-state index in [-0.39, 0.29) is 0 Å². The fourth-order valence-electron chi connectivity index (χ4n) is 0. The number of rotatable bonds is 0. The first-order valence-corrected chi connectivity index (χ1v) is 7.33. The van der Waals surface area contributed by atoms with Crippen molar-refractivity contribution in [2.45, 2.75) is 0 Å². The molecule has 0 bridgehead atoms. The molecule has 3 heteroatoms. The van der Waals surface area contributed by atoms with E-state index in [2.05, 4.69) is 21.2 Å². The van der Waals surface area contributed by atoms with Gasteiger partial charge in [-0.1, -0.05) is 0 Å². The average Bonchev–Trinajstić information content (AvgIpc) is 0.650. The second-order valence-electron chi connectivity index (χ2n) is 2.30. The summed E-state index contributed by atoms with van der Waals surface area (Å²) in [6, 6.07) is 0. The van der Waals surface area contributed by atoms with Crippen molar-refractivity contribution in [3.63, 3.8) is 0 Å².